The van der Waals surface area contributed by atoms with Crippen molar-refractivity contribution in [1.82, 2.24) is 0 Å². The molecule has 0 aromatic heterocycles. The summed E-state index contributed by atoms with van der Waals surface area (Å²) < 4.78 is 1.20. The monoisotopic (exact) mass is 382 g/mol. The normalized spacial score (nSPS) is 11.7. The summed E-state index contributed by atoms with van der Waals surface area (Å²) in [4.78, 5) is 0. The second-order valence-corrected chi connectivity index (χ2v) is 5.82. The van der Waals surface area contributed by atoms with Crippen LogP contribution < -0.4 is 0 Å². The average Bonchev–Trinajstić information content (AvgIpc) is 2.21. The van der Waals surface area contributed by atoms with E-state index in [1.54, 1.807) is 0 Å². The summed E-state index contributed by atoms with van der Waals surface area (Å²) in [6.45, 7) is 2.27. The minimum Gasteiger partial charge on any atom is -0.0922 e. The summed E-state index contributed by atoms with van der Waals surface area (Å²) in [6, 6.07) is 8.40. The fraction of sp³-hybridized carbons (Fsp3) is 0.455. The van der Waals surface area contributed by atoms with Crippen LogP contribution in [-0.4, -0.2) is 10.7 Å². The van der Waals surface area contributed by atoms with Gasteiger partial charge < -0.3 is 0 Å². The average molecular weight is 385 g/mol. The van der Waals surface area contributed by atoms with Gasteiger partial charge in [0.25, 0.3) is 0 Å². The quantitative estimate of drug-likeness (QED) is 0.655. The molecule has 0 aliphatic carbocycles. The number of hydrogen-bond acceptors (Lipinski definition) is 0. The molecule has 14 heavy (non-hydrogen) atoms. The molecular formula is C11H13Br3. The van der Waals surface area contributed by atoms with Crippen LogP contribution in [0, 0.1) is 5.41 Å². The van der Waals surface area contributed by atoms with Gasteiger partial charge in [0.15, 0.2) is 0 Å². The molecule has 0 fully saturated rings. The van der Waals surface area contributed by atoms with E-state index in [-0.39, 0.29) is 5.41 Å². The van der Waals surface area contributed by atoms with Crippen molar-refractivity contribution in [2.24, 2.45) is 5.41 Å². The zero-order valence-electron chi connectivity index (χ0n) is 8.06. The van der Waals surface area contributed by atoms with Gasteiger partial charge in [-0.15, -0.1) is 0 Å². The van der Waals surface area contributed by atoms with Crippen LogP contribution in [0.4, 0.5) is 0 Å². The van der Waals surface area contributed by atoms with Crippen LogP contribution in [0.5, 0.6) is 0 Å². The van der Waals surface area contributed by atoms with Gasteiger partial charge in [-0.2, -0.15) is 0 Å². The Hall–Kier alpha value is 0.660. The largest absolute Gasteiger partial charge is 0.0922 e. The summed E-state index contributed by atoms with van der Waals surface area (Å²) in [5.41, 5.74) is 1.65. The van der Waals surface area contributed by atoms with E-state index in [1.807, 2.05) is 6.07 Å². The minimum absolute atomic E-state index is 0.282. The fourth-order valence-corrected chi connectivity index (χ4v) is 2.98. The van der Waals surface area contributed by atoms with E-state index in [0.29, 0.717) is 0 Å². The molecule has 1 aromatic carbocycles. The number of benzene rings is 1. The van der Waals surface area contributed by atoms with Gasteiger partial charge in [-0.1, -0.05) is 72.9 Å². The van der Waals surface area contributed by atoms with Crippen LogP contribution in [-0.2, 0) is 6.42 Å². The molecule has 0 bridgehead atoms. The summed E-state index contributed by atoms with van der Waals surface area (Å²) in [7, 11) is 0. The zero-order valence-corrected chi connectivity index (χ0v) is 12.8. The van der Waals surface area contributed by atoms with Gasteiger partial charge in [0, 0.05) is 15.1 Å². The van der Waals surface area contributed by atoms with E-state index < -0.39 is 0 Å². The molecule has 0 heterocycles. The maximum Gasteiger partial charge on any atom is 0.0207 e. The Balaban J connectivity index is 2.82. The summed E-state index contributed by atoms with van der Waals surface area (Å²) >= 11 is 10.7. The second-order valence-electron chi connectivity index (χ2n) is 3.85. The first-order valence-corrected chi connectivity index (χ1v) is 7.50. The summed E-state index contributed by atoms with van der Waals surface area (Å²) in [5.74, 6) is 0. The number of halogens is 3. The van der Waals surface area contributed by atoms with E-state index in [2.05, 4.69) is 72.9 Å². The molecular weight excluding hydrogens is 372 g/mol. The van der Waals surface area contributed by atoms with Gasteiger partial charge in [0.1, 0.15) is 0 Å². The maximum absolute atomic E-state index is 3.58. The Labute approximate surface area is 111 Å². The Morgan fingerprint density at radius 1 is 1.14 bits per heavy atom. The van der Waals surface area contributed by atoms with Gasteiger partial charge in [-0.25, -0.2) is 0 Å². The lowest BCUT2D eigenvalue weighted by Crippen LogP contribution is -2.23. The maximum atomic E-state index is 3.58. The molecule has 1 rings (SSSR count). The van der Waals surface area contributed by atoms with Crippen LogP contribution in [0.1, 0.15) is 12.5 Å². The third-order valence-corrected chi connectivity index (χ3v) is 5.70. The van der Waals surface area contributed by atoms with E-state index in [0.717, 1.165) is 17.1 Å². The van der Waals surface area contributed by atoms with Gasteiger partial charge in [0.2, 0.25) is 0 Å². The van der Waals surface area contributed by atoms with Gasteiger partial charge in [-0.3, -0.25) is 0 Å². The van der Waals surface area contributed by atoms with Crippen molar-refractivity contribution < 1.29 is 0 Å². The smallest absolute Gasteiger partial charge is 0.0207 e. The summed E-state index contributed by atoms with van der Waals surface area (Å²) in [6.07, 6.45) is 1.07. The molecule has 0 saturated carbocycles. The van der Waals surface area contributed by atoms with Crippen LogP contribution in [0.2, 0.25) is 0 Å². The van der Waals surface area contributed by atoms with Crippen molar-refractivity contribution in [2.45, 2.75) is 13.3 Å². The van der Waals surface area contributed by atoms with E-state index in [9.17, 15) is 0 Å². The molecule has 0 spiro atoms. The van der Waals surface area contributed by atoms with Gasteiger partial charge in [-0.05, 0) is 23.5 Å². The predicted octanol–water partition coefficient (Wildman–Crippen LogP) is 4.79. The Morgan fingerprint density at radius 2 is 1.71 bits per heavy atom. The zero-order chi connectivity index (χ0) is 10.6. The first-order chi connectivity index (χ1) is 6.61. The number of hydrogen-bond donors (Lipinski definition) is 0. The highest BCUT2D eigenvalue weighted by molar-refractivity contribution is 9.10. The van der Waals surface area contributed by atoms with Crippen LogP contribution in [0.15, 0.2) is 28.7 Å². The second kappa shape index (κ2) is 5.66. The molecule has 0 aliphatic rings. The fourth-order valence-electron chi connectivity index (χ4n) is 1.23. The first kappa shape index (κ1) is 12.7. The van der Waals surface area contributed by atoms with Gasteiger partial charge >= 0.3 is 0 Å². The van der Waals surface area contributed by atoms with Crippen molar-refractivity contribution in [1.29, 1.82) is 0 Å². The Morgan fingerprint density at radius 3 is 2.21 bits per heavy atom. The molecule has 3 heteroatoms. The highest BCUT2D eigenvalue weighted by Crippen LogP contribution is 2.30. The first-order valence-electron chi connectivity index (χ1n) is 4.47. The summed E-state index contributed by atoms with van der Waals surface area (Å²) in [5, 5.41) is 2.01. The molecule has 0 radical (unpaired) electrons. The van der Waals surface area contributed by atoms with Crippen molar-refractivity contribution in [3.8, 4) is 0 Å². The molecule has 0 N–H and O–H groups in total. The number of rotatable bonds is 4. The number of alkyl halides is 2. The predicted molar refractivity (Wildman–Crippen MR) is 73.5 cm³/mol. The third kappa shape index (κ3) is 3.35. The molecule has 1 aromatic rings. The Bertz CT molecular complexity index is 292. The van der Waals surface area contributed by atoms with Crippen LogP contribution in [0.3, 0.4) is 0 Å². The van der Waals surface area contributed by atoms with E-state index in [4.69, 9.17) is 0 Å². The highest BCUT2D eigenvalue weighted by Gasteiger charge is 2.22. The molecule has 0 saturated heterocycles. The lowest BCUT2D eigenvalue weighted by Gasteiger charge is -2.25. The SMILES string of the molecule is CC(CBr)(CBr)Cc1ccccc1Br. The molecule has 0 nitrogen and oxygen atoms in total. The van der Waals surface area contributed by atoms with Crippen molar-refractivity contribution >= 4 is 47.8 Å². The lowest BCUT2D eigenvalue weighted by molar-refractivity contribution is 0.438. The van der Waals surface area contributed by atoms with Crippen LogP contribution in [0.25, 0.3) is 0 Å². The minimum atomic E-state index is 0.282. The lowest BCUT2D eigenvalue weighted by atomic mass is 9.88. The molecule has 0 aliphatic heterocycles. The molecule has 0 atom stereocenters. The van der Waals surface area contributed by atoms with Crippen molar-refractivity contribution in [3.63, 3.8) is 0 Å². The topological polar surface area (TPSA) is 0 Å². The molecule has 0 amide bonds. The highest BCUT2D eigenvalue weighted by atomic mass is 79.9. The Kier molecular flexibility index (Phi) is 5.15. The van der Waals surface area contributed by atoms with Crippen LogP contribution >= 0.6 is 47.8 Å². The molecule has 78 valence electrons. The van der Waals surface area contributed by atoms with E-state index >= 15 is 0 Å². The van der Waals surface area contributed by atoms with Gasteiger partial charge in [0.05, 0.1) is 0 Å². The standard InChI is InChI=1S/C11H13Br3/c1-11(7-12,8-13)6-9-4-2-3-5-10(9)14/h2-5H,6-8H2,1H3. The molecule has 0 unspecified atom stereocenters. The third-order valence-electron chi connectivity index (χ3n) is 2.22. The van der Waals surface area contributed by atoms with Crippen molar-refractivity contribution in [3.05, 3.63) is 34.3 Å². The van der Waals surface area contributed by atoms with Crippen molar-refractivity contribution in [2.75, 3.05) is 10.7 Å². The van der Waals surface area contributed by atoms with E-state index in [1.165, 1.54) is 10.0 Å².